The van der Waals surface area contributed by atoms with E-state index in [0.717, 1.165) is 12.1 Å². The molecule has 9 heteroatoms. The summed E-state index contributed by atoms with van der Waals surface area (Å²) in [5, 5.41) is 5.67. The van der Waals surface area contributed by atoms with E-state index >= 15 is 0 Å². The first-order chi connectivity index (χ1) is 12.7. The topological polar surface area (TPSA) is 67.4 Å². The molecule has 2 rings (SSSR count). The van der Waals surface area contributed by atoms with E-state index in [-0.39, 0.29) is 30.5 Å². The van der Waals surface area contributed by atoms with E-state index in [1.54, 1.807) is 24.3 Å². The number of carbonyl (C=O) groups is 2. The molecule has 0 aliphatic carbocycles. The molecule has 2 amide bonds. The minimum absolute atomic E-state index is 0.0885. The van der Waals surface area contributed by atoms with Crippen LogP contribution in [0.3, 0.4) is 0 Å². The summed E-state index contributed by atoms with van der Waals surface area (Å²) in [5.74, 6) is -1.10. The molecule has 0 saturated heterocycles. The van der Waals surface area contributed by atoms with E-state index in [1.165, 1.54) is 12.1 Å². The molecule has 0 atom stereocenters. The van der Waals surface area contributed by atoms with Crippen molar-refractivity contribution in [1.82, 2.24) is 5.32 Å². The molecule has 2 N–H and O–H groups in total. The van der Waals surface area contributed by atoms with Crippen LogP contribution in [0.5, 0.6) is 5.75 Å². The maximum absolute atomic E-state index is 12.2. The molecule has 5 nitrogen and oxygen atoms in total. The van der Waals surface area contributed by atoms with Crippen LogP contribution < -0.4 is 15.4 Å². The van der Waals surface area contributed by atoms with Crippen LogP contribution in [0.4, 0.5) is 18.9 Å². The van der Waals surface area contributed by atoms with Crippen molar-refractivity contribution < 1.29 is 27.5 Å². The number of hydrogen-bond acceptors (Lipinski definition) is 3. The van der Waals surface area contributed by atoms with Gasteiger partial charge in [0.1, 0.15) is 5.75 Å². The van der Waals surface area contributed by atoms with E-state index in [0.29, 0.717) is 17.0 Å². The summed E-state index contributed by atoms with van der Waals surface area (Å²) in [4.78, 5) is 23.7. The summed E-state index contributed by atoms with van der Waals surface area (Å²) >= 11 is 5.75. The van der Waals surface area contributed by atoms with Crippen molar-refractivity contribution in [3.8, 4) is 5.75 Å². The number of halogens is 4. The zero-order chi connectivity index (χ0) is 19.9. The number of ether oxygens (including phenoxy) is 1. The molecule has 0 spiro atoms. The summed E-state index contributed by atoms with van der Waals surface area (Å²) in [7, 11) is 0. The van der Waals surface area contributed by atoms with Crippen LogP contribution in [0.25, 0.3) is 0 Å². The quantitative estimate of drug-likeness (QED) is 0.677. The minimum atomic E-state index is -4.80. The normalized spacial score (nSPS) is 11.0. The van der Waals surface area contributed by atoms with Gasteiger partial charge in [-0.1, -0.05) is 17.7 Å². The van der Waals surface area contributed by atoms with Gasteiger partial charge in [-0.25, -0.2) is 0 Å². The lowest BCUT2D eigenvalue weighted by Gasteiger charge is -2.11. The predicted molar refractivity (Wildman–Crippen MR) is 94.8 cm³/mol. The molecule has 0 heterocycles. The number of rotatable bonds is 7. The molecule has 2 aromatic rings. The van der Waals surface area contributed by atoms with Gasteiger partial charge in [0.15, 0.2) is 0 Å². The monoisotopic (exact) mass is 400 g/mol. The lowest BCUT2D eigenvalue weighted by atomic mass is 10.2. The summed E-state index contributed by atoms with van der Waals surface area (Å²) in [6, 6.07) is 11.4. The lowest BCUT2D eigenvalue weighted by molar-refractivity contribution is -0.274. The Morgan fingerprint density at radius 2 is 1.78 bits per heavy atom. The van der Waals surface area contributed by atoms with Gasteiger partial charge in [-0.2, -0.15) is 0 Å². The summed E-state index contributed by atoms with van der Waals surface area (Å²) in [6.07, 6.45) is -4.35. The highest BCUT2D eigenvalue weighted by atomic mass is 35.5. The fourth-order valence-corrected chi connectivity index (χ4v) is 2.27. The van der Waals surface area contributed by atoms with Gasteiger partial charge in [-0.15, -0.1) is 13.2 Å². The number of amides is 2. The van der Waals surface area contributed by atoms with E-state index in [2.05, 4.69) is 15.4 Å². The average Bonchev–Trinajstić information content (AvgIpc) is 2.58. The van der Waals surface area contributed by atoms with Crippen molar-refractivity contribution in [3.63, 3.8) is 0 Å². The van der Waals surface area contributed by atoms with Gasteiger partial charge in [0.25, 0.3) is 5.91 Å². The average molecular weight is 401 g/mol. The first kappa shape index (κ1) is 20.6. The Morgan fingerprint density at radius 1 is 1.07 bits per heavy atom. The molecule has 144 valence electrons. The number of anilines is 1. The number of alkyl halides is 3. The van der Waals surface area contributed by atoms with Crippen molar-refractivity contribution in [2.75, 3.05) is 11.9 Å². The highest BCUT2D eigenvalue weighted by Crippen LogP contribution is 2.25. The Bertz CT molecular complexity index is 795. The van der Waals surface area contributed by atoms with Gasteiger partial charge in [-0.05, 0) is 42.8 Å². The van der Waals surface area contributed by atoms with Crippen molar-refractivity contribution in [2.45, 2.75) is 19.2 Å². The lowest BCUT2D eigenvalue weighted by Crippen LogP contribution is -2.25. The highest BCUT2D eigenvalue weighted by molar-refractivity contribution is 6.30. The van der Waals surface area contributed by atoms with Gasteiger partial charge in [0, 0.05) is 35.3 Å². The van der Waals surface area contributed by atoms with E-state index in [4.69, 9.17) is 11.6 Å². The van der Waals surface area contributed by atoms with Crippen molar-refractivity contribution in [3.05, 3.63) is 59.1 Å². The van der Waals surface area contributed by atoms with Crippen LogP contribution in [0, 0.1) is 0 Å². The van der Waals surface area contributed by atoms with Crippen LogP contribution in [-0.4, -0.2) is 24.7 Å². The fourth-order valence-electron chi connectivity index (χ4n) is 2.15. The van der Waals surface area contributed by atoms with Crippen LogP contribution in [-0.2, 0) is 4.79 Å². The summed E-state index contributed by atoms with van der Waals surface area (Å²) in [5.41, 5.74) is 0.636. The van der Waals surface area contributed by atoms with Gasteiger partial charge >= 0.3 is 6.36 Å². The Kier molecular flexibility index (Phi) is 7.06. The number of carbonyl (C=O) groups excluding carboxylic acids is 2. The first-order valence-electron chi connectivity index (χ1n) is 7.92. The SMILES string of the molecule is O=C(CCCNC(=O)c1ccc(Cl)cc1)Nc1cccc(OC(F)(F)F)c1. The maximum Gasteiger partial charge on any atom is 0.573 e. The molecule has 0 radical (unpaired) electrons. The van der Waals surface area contributed by atoms with E-state index < -0.39 is 12.1 Å². The molecular formula is C18H16ClF3N2O3. The third kappa shape index (κ3) is 7.57. The minimum Gasteiger partial charge on any atom is -0.406 e. The largest absolute Gasteiger partial charge is 0.573 e. The number of nitrogens with one attached hydrogen (secondary N) is 2. The Labute approximate surface area is 158 Å². The smallest absolute Gasteiger partial charge is 0.406 e. The summed E-state index contributed by atoms with van der Waals surface area (Å²) in [6.45, 7) is 0.270. The van der Waals surface area contributed by atoms with Crippen LogP contribution in [0.1, 0.15) is 23.2 Å². The Morgan fingerprint density at radius 3 is 2.44 bits per heavy atom. The fraction of sp³-hybridized carbons (Fsp3) is 0.222. The van der Waals surface area contributed by atoms with Crippen molar-refractivity contribution >= 4 is 29.1 Å². The molecule has 0 aromatic heterocycles. The molecule has 0 unspecified atom stereocenters. The molecule has 27 heavy (non-hydrogen) atoms. The van der Waals surface area contributed by atoms with Gasteiger partial charge in [0.2, 0.25) is 5.91 Å². The standard InChI is InChI=1S/C18H16ClF3N2O3/c19-13-8-6-12(7-9-13)17(26)23-10-2-5-16(25)24-14-3-1-4-15(11-14)27-18(20,21)22/h1,3-4,6-9,11H,2,5,10H2,(H,23,26)(H,24,25). The van der Waals surface area contributed by atoms with Gasteiger partial charge in [0.05, 0.1) is 0 Å². The molecule has 0 fully saturated rings. The molecule has 0 bridgehead atoms. The summed E-state index contributed by atoms with van der Waals surface area (Å²) < 4.78 is 40.4. The van der Waals surface area contributed by atoms with Crippen molar-refractivity contribution in [1.29, 1.82) is 0 Å². The first-order valence-corrected chi connectivity index (χ1v) is 8.30. The second kappa shape index (κ2) is 9.27. The molecule has 2 aromatic carbocycles. The molecule has 0 aliphatic heterocycles. The van der Waals surface area contributed by atoms with E-state index in [1.807, 2.05) is 0 Å². The highest BCUT2D eigenvalue weighted by Gasteiger charge is 2.31. The number of benzene rings is 2. The molecular weight excluding hydrogens is 385 g/mol. The maximum atomic E-state index is 12.2. The van der Waals surface area contributed by atoms with Gasteiger partial charge < -0.3 is 15.4 Å². The van der Waals surface area contributed by atoms with Crippen LogP contribution in [0.2, 0.25) is 5.02 Å². The third-order valence-electron chi connectivity index (χ3n) is 3.32. The van der Waals surface area contributed by atoms with Crippen molar-refractivity contribution in [2.24, 2.45) is 0 Å². The second-order valence-corrected chi connectivity index (χ2v) is 5.93. The third-order valence-corrected chi connectivity index (χ3v) is 3.58. The van der Waals surface area contributed by atoms with Gasteiger partial charge in [-0.3, -0.25) is 9.59 Å². The van der Waals surface area contributed by atoms with Crippen LogP contribution >= 0.6 is 11.6 Å². The molecule has 0 saturated carbocycles. The van der Waals surface area contributed by atoms with Crippen LogP contribution in [0.15, 0.2) is 48.5 Å². The zero-order valence-electron chi connectivity index (χ0n) is 14.0. The zero-order valence-corrected chi connectivity index (χ0v) is 14.7. The van der Waals surface area contributed by atoms with E-state index in [9.17, 15) is 22.8 Å². The predicted octanol–water partition coefficient (Wildman–Crippen LogP) is 4.39. The Balaban J connectivity index is 1.74. The molecule has 0 aliphatic rings. The Hall–Kier alpha value is -2.74. The number of hydrogen-bond donors (Lipinski definition) is 2. The second-order valence-electron chi connectivity index (χ2n) is 5.49.